The molecule has 132 valence electrons. The lowest BCUT2D eigenvalue weighted by atomic mass is 9.68. The Bertz CT molecular complexity index is 824. The van der Waals surface area contributed by atoms with E-state index in [2.05, 4.69) is 6.58 Å². The number of hydrogen-bond donors (Lipinski definition) is 1. The summed E-state index contributed by atoms with van der Waals surface area (Å²) in [6.45, 7) is 7.37. The fraction of sp³-hybridized carbons (Fsp3) is 0.368. The molecule has 0 spiro atoms. The Labute approximate surface area is 156 Å². The number of phenolic OH excluding ortho intramolecular Hbond substituents is 1. The molecule has 6 heteroatoms. The van der Waals surface area contributed by atoms with Gasteiger partial charge in [-0.1, -0.05) is 30.9 Å². The number of rotatable bonds is 2. The number of amides is 2. The summed E-state index contributed by atoms with van der Waals surface area (Å²) in [7, 11) is 1.40. The molecule has 3 rings (SSSR count). The van der Waals surface area contributed by atoms with Gasteiger partial charge < -0.3 is 5.11 Å². The van der Waals surface area contributed by atoms with E-state index in [0.29, 0.717) is 11.1 Å². The Hall–Kier alpha value is -1.78. The number of halogens is 2. The van der Waals surface area contributed by atoms with Crippen LogP contribution in [-0.2, 0) is 9.59 Å². The van der Waals surface area contributed by atoms with Crippen LogP contribution in [-0.4, -0.2) is 38.6 Å². The van der Waals surface area contributed by atoms with Gasteiger partial charge in [-0.25, -0.2) is 0 Å². The number of fused-ring (bicyclic) bond motifs is 1. The highest BCUT2D eigenvalue weighted by Crippen LogP contribution is 2.59. The van der Waals surface area contributed by atoms with Gasteiger partial charge in [-0.15, -0.1) is 23.2 Å². The highest BCUT2D eigenvalue weighted by molar-refractivity contribution is 6.53. The summed E-state index contributed by atoms with van der Waals surface area (Å²) < 4.78 is 0. The number of hydrogen-bond acceptors (Lipinski definition) is 3. The van der Waals surface area contributed by atoms with Crippen molar-refractivity contribution in [1.82, 2.24) is 4.90 Å². The summed E-state index contributed by atoms with van der Waals surface area (Å²) in [4.78, 5) is 23.4. The van der Waals surface area contributed by atoms with Crippen LogP contribution in [0.3, 0.4) is 0 Å². The predicted molar refractivity (Wildman–Crippen MR) is 98.2 cm³/mol. The van der Waals surface area contributed by atoms with Crippen LogP contribution in [0.25, 0.3) is 0 Å². The molecule has 3 atom stereocenters. The van der Waals surface area contributed by atoms with Crippen LogP contribution >= 0.6 is 23.2 Å². The molecule has 2 amide bonds. The lowest BCUT2D eigenvalue weighted by Crippen LogP contribution is -2.54. The first-order chi connectivity index (χ1) is 11.6. The number of carbonyl (C=O) groups excluding carboxylic acids is 2. The monoisotopic (exact) mass is 379 g/mol. The van der Waals surface area contributed by atoms with Gasteiger partial charge in [-0.05, 0) is 42.5 Å². The maximum absolute atomic E-state index is 12.9. The van der Waals surface area contributed by atoms with Crippen molar-refractivity contribution in [2.75, 3.05) is 7.05 Å². The van der Waals surface area contributed by atoms with Crippen LogP contribution in [0.5, 0.6) is 5.75 Å². The summed E-state index contributed by atoms with van der Waals surface area (Å²) in [5.74, 6) is -1.46. The van der Waals surface area contributed by atoms with Gasteiger partial charge in [0.05, 0.1) is 0 Å². The molecule has 1 N–H and O–H groups in total. The maximum Gasteiger partial charge on any atom is 0.253 e. The van der Waals surface area contributed by atoms with Crippen LogP contribution in [0.4, 0.5) is 0 Å². The van der Waals surface area contributed by atoms with Crippen LogP contribution in [0.2, 0.25) is 0 Å². The first-order valence-electron chi connectivity index (χ1n) is 7.92. The fourth-order valence-corrected chi connectivity index (χ4v) is 4.83. The number of benzene rings is 1. The smallest absolute Gasteiger partial charge is 0.253 e. The molecule has 1 aromatic carbocycles. The van der Waals surface area contributed by atoms with Crippen molar-refractivity contribution in [2.45, 2.75) is 35.9 Å². The lowest BCUT2D eigenvalue weighted by Gasteiger charge is -2.42. The maximum atomic E-state index is 12.9. The van der Waals surface area contributed by atoms with E-state index >= 15 is 0 Å². The lowest BCUT2D eigenvalue weighted by molar-refractivity contribution is -0.137. The summed E-state index contributed by atoms with van der Waals surface area (Å²) in [5, 5.41) is 10.1. The Morgan fingerprint density at radius 1 is 1.24 bits per heavy atom. The number of nitrogens with zero attached hydrogens (tertiary/aromatic N) is 1. The van der Waals surface area contributed by atoms with E-state index in [0.717, 1.165) is 16.0 Å². The second-order valence-electron chi connectivity index (χ2n) is 6.73. The van der Waals surface area contributed by atoms with Gasteiger partial charge >= 0.3 is 0 Å². The largest absolute Gasteiger partial charge is 0.507 e. The SMILES string of the molecule is C=CC1=CC[C@@]2(Cl)C(=O)N(C)C(=O)[C@@]2(Cl)[C@H]1c1cc(C)c(O)c(C)c1. The molecule has 1 fully saturated rings. The standard InChI is InChI=1S/C19H19Cl2NO3/c1-5-12-6-7-18(20)16(24)22(4)17(25)19(18,21)14(12)13-8-10(2)15(23)11(3)9-13/h5-6,8-9,14,23H,1,7H2,2-4H3/t14-,18-,19+/m1/s1. The van der Waals surface area contributed by atoms with Crippen molar-refractivity contribution in [3.63, 3.8) is 0 Å². The molecule has 1 heterocycles. The minimum Gasteiger partial charge on any atom is -0.507 e. The number of carbonyl (C=O) groups is 2. The minimum absolute atomic E-state index is 0.154. The molecule has 0 radical (unpaired) electrons. The van der Waals surface area contributed by atoms with E-state index < -0.39 is 27.5 Å². The number of aromatic hydroxyl groups is 1. The van der Waals surface area contributed by atoms with Crippen LogP contribution in [0, 0.1) is 13.8 Å². The van der Waals surface area contributed by atoms with E-state index in [9.17, 15) is 14.7 Å². The van der Waals surface area contributed by atoms with Gasteiger partial charge in [0.1, 0.15) is 5.75 Å². The Balaban J connectivity index is 2.31. The Morgan fingerprint density at radius 3 is 2.32 bits per heavy atom. The molecular formula is C19H19Cl2NO3. The van der Waals surface area contributed by atoms with Crippen molar-refractivity contribution in [2.24, 2.45) is 0 Å². The molecule has 1 aromatic rings. The van der Waals surface area contributed by atoms with Crippen LogP contribution in [0.15, 0.2) is 36.4 Å². The third kappa shape index (κ3) is 2.14. The molecule has 0 aromatic heterocycles. The van der Waals surface area contributed by atoms with Crippen molar-refractivity contribution in [3.8, 4) is 5.75 Å². The summed E-state index contributed by atoms with van der Waals surface area (Å²) in [6.07, 6.45) is 3.60. The fourth-order valence-electron chi connectivity index (χ4n) is 3.90. The second kappa shape index (κ2) is 5.61. The van der Waals surface area contributed by atoms with Crippen molar-refractivity contribution in [1.29, 1.82) is 0 Å². The van der Waals surface area contributed by atoms with E-state index in [-0.39, 0.29) is 12.2 Å². The summed E-state index contributed by atoms with van der Waals surface area (Å²) in [5.41, 5.74) is 2.78. The molecule has 0 bridgehead atoms. The number of phenols is 1. The molecule has 1 saturated heterocycles. The molecule has 0 unspecified atom stereocenters. The van der Waals surface area contributed by atoms with Gasteiger partial charge in [-0.3, -0.25) is 14.5 Å². The number of aryl methyl sites for hydroxylation is 2. The quantitative estimate of drug-likeness (QED) is 0.631. The first-order valence-corrected chi connectivity index (χ1v) is 8.68. The molecular weight excluding hydrogens is 361 g/mol. The number of allylic oxidation sites excluding steroid dienone is 3. The van der Waals surface area contributed by atoms with Gasteiger partial charge in [-0.2, -0.15) is 0 Å². The number of likely N-dealkylation sites (tertiary alicyclic amines) is 1. The Kier molecular flexibility index (Phi) is 4.05. The first kappa shape index (κ1) is 18.0. The molecule has 1 aliphatic carbocycles. The highest BCUT2D eigenvalue weighted by Gasteiger charge is 2.72. The molecule has 2 aliphatic rings. The second-order valence-corrected chi connectivity index (χ2v) is 7.97. The van der Waals surface area contributed by atoms with Crippen molar-refractivity contribution in [3.05, 3.63) is 53.1 Å². The van der Waals surface area contributed by atoms with E-state index in [1.165, 1.54) is 7.05 Å². The van der Waals surface area contributed by atoms with Gasteiger partial charge in [0, 0.05) is 13.0 Å². The normalized spacial score (nSPS) is 31.8. The van der Waals surface area contributed by atoms with Crippen molar-refractivity contribution >= 4 is 35.0 Å². The zero-order chi connectivity index (χ0) is 18.7. The predicted octanol–water partition coefficient (Wildman–Crippen LogP) is 3.56. The highest BCUT2D eigenvalue weighted by atomic mass is 35.5. The van der Waals surface area contributed by atoms with Crippen LogP contribution in [0.1, 0.15) is 29.0 Å². The third-order valence-corrected chi connectivity index (χ3v) is 6.68. The molecule has 0 saturated carbocycles. The van der Waals surface area contributed by atoms with Gasteiger partial charge in [0.2, 0.25) is 0 Å². The topological polar surface area (TPSA) is 57.6 Å². The zero-order valence-electron chi connectivity index (χ0n) is 14.3. The number of imide groups is 1. The average Bonchev–Trinajstić information content (AvgIpc) is 2.71. The van der Waals surface area contributed by atoms with Gasteiger partial charge in [0.15, 0.2) is 9.75 Å². The van der Waals surface area contributed by atoms with Crippen molar-refractivity contribution < 1.29 is 14.7 Å². The summed E-state index contributed by atoms with van der Waals surface area (Å²) in [6, 6.07) is 3.54. The number of alkyl halides is 2. The molecule has 1 aliphatic heterocycles. The third-order valence-electron chi connectivity index (χ3n) is 5.27. The van der Waals surface area contributed by atoms with Gasteiger partial charge in [0.25, 0.3) is 11.8 Å². The average molecular weight is 380 g/mol. The molecule has 4 nitrogen and oxygen atoms in total. The Morgan fingerprint density at radius 2 is 1.80 bits per heavy atom. The van der Waals surface area contributed by atoms with E-state index in [1.807, 2.05) is 6.08 Å². The summed E-state index contributed by atoms with van der Waals surface area (Å²) >= 11 is 13.5. The zero-order valence-corrected chi connectivity index (χ0v) is 15.8. The molecule has 25 heavy (non-hydrogen) atoms. The van der Waals surface area contributed by atoms with E-state index in [4.69, 9.17) is 23.2 Å². The van der Waals surface area contributed by atoms with E-state index in [1.54, 1.807) is 32.1 Å². The minimum atomic E-state index is -1.64. The van der Waals surface area contributed by atoms with Crippen LogP contribution < -0.4 is 0 Å².